The minimum Gasteiger partial charge on any atom is -0.327 e. The predicted molar refractivity (Wildman–Crippen MR) is 86.6 cm³/mol. The molecule has 20 heavy (non-hydrogen) atoms. The zero-order valence-electron chi connectivity index (χ0n) is 13.3. The third-order valence-corrected chi connectivity index (χ3v) is 4.47. The average molecular weight is 274 g/mol. The Balaban J connectivity index is 1.90. The van der Waals surface area contributed by atoms with E-state index in [1.807, 2.05) is 0 Å². The van der Waals surface area contributed by atoms with Crippen LogP contribution in [0.3, 0.4) is 0 Å². The molecule has 0 aliphatic carbocycles. The van der Waals surface area contributed by atoms with Crippen LogP contribution in [0.5, 0.6) is 0 Å². The predicted octanol–water partition coefficient (Wildman–Crippen LogP) is 3.44. The molecule has 2 atom stereocenters. The smallest absolute Gasteiger partial charge is 0.0233 e. The van der Waals surface area contributed by atoms with Crippen molar-refractivity contribution in [1.29, 1.82) is 0 Å². The van der Waals surface area contributed by atoms with Gasteiger partial charge in [0.25, 0.3) is 0 Å². The van der Waals surface area contributed by atoms with E-state index >= 15 is 0 Å². The topological polar surface area (TPSA) is 29.3 Å². The first-order chi connectivity index (χ1) is 9.58. The summed E-state index contributed by atoms with van der Waals surface area (Å²) in [7, 11) is 0. The van der Waals surface area contributed by atoms with Gasteiger partial charge in [0.05, 0.1) is 0 Å². The van der Waals surface area contributed by atoms with Gasteiger partial charge in [-0.2, -0.15) is 0 Å². The fourth-order valence-electron chi connectivity index (χ4n) is 3.21. The highest BCUT2D eigenvalue weighted by molar-refractivity contribution is 5.22. The molecule has 2 unspecified atom stereocenters. The molecule has 0 bridgehead atoms. The van der Waals surface area contributed by atoms with Gasteiger partial charge in [-0.25, -0.2) is 0 Å². The first-order valence-corrected chi connectivity index (χ1v) is 8.14. The number of hydrogen-bond donors (Lipinski definition) is 1. The third-order valence-electron chi connectivity index (χ3n) is 4.47. The van der Waals surface area contributed by atoms with Crippen LogP contribution in [0.25, 0.3) is 0 Å². The van der Waals surface area contributed by atoms with Gasteiger partial charge >= 0.3 is 0 Å². The minimum atomic E-state index is 0.407. The van der Waals surface area contributed by atoms with E-state index in [0.717, 1.165) is 32.0 Å². The number of piperidine rings is 1. The number of nitrogens with zero attached hydrogens (tertiary/aromatic N) is 1. The van der Waals surface area contributed by atoms with Crippen LogP contribution in [-0.2, 0) is 13.0 Å². The molecule has 0 radical (unpaired) electrons. The molecule has 1 fully saturated rings. The summed E-state index contributed by atoms with van der Waals surface area (Å²) in [6, 6.07) is 9.59. The van der Waals surface area contributed by atoms with Crippen molar-refractivity contribution < 1.29 is 0 Å². The average Bonchev–Trinajstić information content (AvgIpc) is 2.42. The summed E-state index contributed by atoms with van der Waals surface area (Å²) in [5.74, 6) is 1.40. The summed E-state index contributed by atoms with van der Waals surface area (Å²) < 4.78 is 0. The van der Waals surface area contributed by atoms with E-state index in [4.69, 9.17) is 5.73 Å². The lowest BCUT2D eigenvalue weighted by Gasteiger charge is -2.36. The molecule has 2 heteroatoms. The van der Waals surface area contributed by atoms with Gasteiger partial charge in [0.1, 0.15) is 0 Å². The standard InChI is InChI=1S/C18H30N2/c1-4-17-13-20(10-9-18(17)19)12-16-7-5-15(6-8-16)11-14(2)3/h5-8,14,17-18H,4,9-13,19H2,1-3H3. The Labute approximate surface area is 124 Å². The Hall–Kier alpha value is -0.860. The van der Waals surface area contributed by atoms with E-state index in [-0.39, 0.29) is 0 Å². The van der Waals surface area contributed by atoms with Crippen LogP contribution in [-0.4, -0.2) is 24.0 Å². The lowest BCUT2D eigenvalue weighted by atomic mass is 9.90. The van der Waals surface area contributed by atoms with Crippen molar-refractivity contribution in [2.75, 3.05) is 13.1 Å². The molecule has 2 N–H and O–H groups in total. The van der Waals surface area contributed by atoms with Crippen molar-refractivity contribution in [1.82, 2.24) is 4.90 Å². The Bertz CT molecular complexity index is 396. The van der Waals surface area contributed by atoms with Crippen LogP contribution >= 0.6 is 0 Å². The first kappa shape index (κ1) is 15.5. The summed E-state index contributed by atoms with van der Waals surface area (Å²) >= 11 is 0. The van der Waals surface area contributed by atoms with Crippen LogP contribution in [0, 0.1) is 11.8 Å². The summed E-state index contributed by atoms with van der Waals surface area (Å²) in [4.78, 5) is 2.56. The van der Waals surface area contributed by atoms with Crippen molar-refractivity contribution in [2.24, 2.45) is 17.6 Å². The number of rotatable bonds is 5. The second-order valence-electron chi connectivity index (χ2n) is 6.77. The molecule has 1 aliphatic rings. The monoisotopic (exact) mass is 274 g/mol. The molecular weight excluding hydrogens is 244 g/mol. The molecular formula is C18H30N2. The summed E-state index contributed by atoms with van der Waals surface area (Å²) in [6.45, 7) is 10.2. The van der Waals surface area contributed by atoms with Gasteiger partial charge in [0, 0.05) is 19.1 Å². The maximum atomic E-state index is 6.18. The summed E-state index contributed by atoms with van der Waals surface area (Å²) in [6.07, 6.45) is 3.52. The number of hydrogen-bond acceptors (Lipinski definition) is 2. The molecule has 0 aromatic heterocycles. The fourth-order valence-corrected chi connectivity index (χ4v) is 3.21. The van der Waals surface area contributed by atoms with Gasteiger partial charge in [0.2, 0.25) is 0 Å². The van der Waals surface area contributed by atoms with Crippen LogP contribution in [0.2, 0.25) is 0 Å². The Morgan fingerprint density at radius 2 is 1.85 bits per heavy atom. The van der Waals surface area contributed by atoms with Crippen molar-refractivity contribution in [3.8, 4) is 0 Å². The van der Waals surface area contributed by atoms with Crippen LogP contribution in [0.4, 0.5) is 0 Å². The van der Waals surface area contributed by atoms with Crippen molar-refractivity contribution in [3.63, 3.8) is 0 Å². The zero-order valence-corrected chi connectivity index (χ0v) is 13.3. The highest BCUT2D eigenvalue weighted by Gasteiger charge is 2.24. The maximum absolute atomic E-state index is 6.18. The Morgan fingerprint density at radius 3 is 2.45 bits per heavy atom. The normalized spacial score (nSPS) is 24.2. The quantitative estimate of drug-likeness (QED) is 0.891. The molecule has 1 aromatic rings. The molecule has 1 saturated heterocycles. The number of benzene rings is 1. The second-order valence-corrected chi connectivity index (χ2v) is 6.77. The van der Waals surface area contributed by atoms with Gasteiger partial charge in [-0.15, -0.1) is 0 Å². The van der Waals surface area contributed by atoms with Gasteiger partial charge in [-0.1, -0.05) is 51.5 Å². The lowest BCUT2D eigenvalue weighted by molar-refractivity contribution is 0.145. The van der Waals surface area contributed by atoms with Crippen molar-refractivity contribution in [3.05, 3.63) is 35.4 Å². The SMILES string of the molecule is CCC1CN(Cc2ccc(CC(C)C)cc2)CCC1N. The van der Waals surface area contributed by atoms with E-state index in [2.05, 4.69) is 49.9 Å². The van der Waals surface area contributed by atoms with Crippen molar-refractivity contribution >= 4 is 0 Å². The van der Waals surface area contributed by atoms with Gasteiger partial charge in [-0.3, -0.25) is 4.90 Å². The van der Waals surface area contributed by atoms with Gasteiger partial charge < -0.3 is 5.73 Å². The van der Waals surface area contributed by atoms with E-state index in [1.54, 1.807) is 0 Å². The zero-order chi connectivity index (χ0) is 14.5. The molecule has 2 nitrogen and oxygen atoms in total. The van der Waals surface area contributed by atoms with Gasteiger partial charge in [0.15, 0.2) is 0 Å². The van der Waals surface area contributed by atoms with Crippen LogP contribution < -0.4 is 5.73 Å². The van der Waals surface area contributed by atoms with Gasteiger partial charge in [-0.05, 0) is 42.3 Å². The summed E-state index contributed by atoms with van der Waals surface area (Å²) in [5.41, 5.74) is 9.07. The van der Waals surface area contributed by atoms with E-state index < -0.39 is 0 Å². The molecule has 2 rings (SSSR count). The lowest BCUT2D eigenvalue weighted by Crippen LogP contribution is -2.46. The molecule has 0 spiro atoms. The Kier molecular flexibility index (Phi) is 5.62. The third kappa shape index (κ3) is 4.32. The molecule has 1 aliphatic heterocycles. The Morgan fingerprint density at radius 1 is 1.20 bits per heavy atom. The second kappa shape index (κ2) is 7.24. The first-order valence-electron chi connectivity index (χ1n) is 8.14. The minimum absolute atomic E-state index is 0.407. The molecule has 1 heterocycles. The largest absolute Gasteiger partial charge is 0.327 e. The molecule has 0 saturated carbocycles. The van der Waals surface area contributed by atoms with Crippen molar-refractivity contribution in [2.45, 2.75) is 52.6 Å². The molecule has 0 amide bonds. The van der Waals surface area contributed by atoms with Crippen LogP contribution in [0.15, 0.2) is 24.3 Å². The number of likely N-dealkylation sites (tertiary alicyclic amines) is 1. The highest BCUT2D eigenvalue weighted by Crippen LogP contribution is 2.20. The molecule has 1 aromatic carbocycles. The van der Waals surface area contributed by atoms with E-state index in [1.165, 1.54) is 24.0 Å². The summed E-state index contributed by atoms with van der Waals surface area (Å²) in [5, 5.41) is 0. The molecule has 112 valence electrons. The van der Waals surface area contributed by atoms with Crippen LogP contribution in [0.1, 0.15) is 44.7 Å². The van der Waals surface area contributed by atoms with E-state index in [9.17, 15) is 0 Å². The van der Waals surface area contributed by atoms with E-state index in [0.29, 0.717) is 12.0 Å². The highest BCUT2D eigenvalue weighted by atomic mass is 15.1. The fraction of sp³-hybridized carbons (Fsp3) is 0.667. The maximum Gasteiger partial charge on any atom is 0.0233 e. The number of nitrogens with two attached hydrogens (primary N) is 1.